The second-order valence-corrected chi connectivity index (χ2v) is 6.92. The Morgan fingerprint density at radius 1 is 1.00 bits per heavy atom. The quantitative estimate of drug-likeness (QED) is 0.448. The number of hydrogen-bond acceptors (Lipinski definition) is 5. The fourth-order valence-electron chi connectivity index (χ4n) is 1.95. The zero-order valence-electron chi connectivity index (χ0n) is 12.1. The minimum atomic E-state index is -3.36. The van der Waals surface area contributed by atoms with Crippen molar-refractivity contribution >= 4 is 27.5 Å². The molecular weight excluding hydrogens is 320 g/mol. The number of hydrogen-bond donors (Lipinski definition) is 3. The van der Waals surface area contributed by atoms with Crippen molar-refractivity contribution in [1.29, 1.82) is 0 Å². The molecule has 0 heterocycles. The summed E-state index contributed by atoms with van der Waals surface area (Å²) >= 11 is 0. The van der Waals surface area contributed by atoms with Crippen LogP contribution in [0.3, 0.4) is 0 Å². The third kappa shape index (κ3) is 3.89. The predicted octanol–water partition coefficient (Wildman–Crippen LogP) is 2.13. The highest BCUT2D eigenvalue weighted by Gasteiger charge is 2.13. The Hall–Kier alpha value is -2.80. The summed E-state index contributed by atoms with van der Waals surface area (Å²) in [5.74, 6) is -1.88. The maximum absolute atomic E-state index is 11.4. The molecule has 0 saturated carbocycles. The van der Waals surface area contributed by atoms with Crippen LogP contribution in [0, 0.1) is 0 Å². The molecule has 2 rings (SSSR count). The molecule has 0 unspecified atom stereocenters. The van der Waals surface area contributed by atoms with Gasteiger partial charge in [0, 0.05) is 6.26 Å². The van der Waals surface area contributed by atoms with Gasteiger partial charge < -0.3 is 15.3 Å². The first kappa shape index (κ1) is 16.6. The van der Waals surface area contributed by atoms with Gasteiger partial charge >= 0.3 is 5.97 Å². The van der Waals surface area contributed by atoms with Crippen LogP contribution in [0.2, 0.25) is 0 Å². The molecule has 23 heavy (non-hydrogen) atoms. The first-order valence-electron chi connectivity index (χ1n) is 6.46. The highest BCUT2D eigenvalue weighted by molar-refractivity contribution is 7.90. The third-order valence-electron chi connectivity index (χ3n) is 3.13. The normalized spacial score (nSPS) is 12.1. The van der Waals surface area contributed by atoms with Crippen LogP contribution >= 0.6 is 0 Å². The van der Waals surface area contributed by atoms with E-state index in [4.69, 9.17) is 0 Å². The van der Waals surface area contributed by atoms with Crippen molar-refractivity contribution in [1.82, 2.24) is 0 Å². The van der Waals surface area contributed by atoms with Crippen molar-refractivity contribution in [2.75, 3.05) is 6.26 Å². The molecule has 3 N–H and O–H groups in total. The van der Waals surface area contributed by atoms with Gasteiger partial charge in [0.25, 0.3) is 0 Å². The number of carboxylic acids is 1. The summed E-state index contributed by atoms with van der Waals surface area (Å²) in [6.07, 6.45) is 2.38. The molecule has 2 aromatic carbocycles. The first-order valence-corrected chi connectivity index (χ1v) is 8.35. The lowest BCUT2D eigenvalue weighted by Crippen LogP contribution is -2.01. The minimum absolute atomic E-state index is 0.0739. The van der Waals surface area contributed by atoms with Crippen LogP contribution in [-0.2, 0) is 14.6 Å². The van der Waals surface area contributed by atoms with E-state index in [1.165, 1.54) is 48.5 Å². The van der Waals surface area contributed by atoms with Crippen LogP contribution in [-0.4, -0.2) is 36.0 Å². The largest absolute Gasteiger partial charge is 0.504 e. The number of carbonyl (C=O) groups is 1. The lowest BCUT2D eigenvalue weighted by atomic mass is 10.0. The van der Waals surface area contributed by atoms with Crippen molar-refractivity contribution < 1.29 is 28.5 Å². The number of sulfone groups is 1. The van der Waals surface area contributed by atoms with E-state index in [2.05, 4.69) is 0 Å². The zero-order valence-corrected chi connectivity index (χ0v) is 12.9. The average molecular weight is 334 g/mol. The summed E-state index contributed by atoms with van der Waals surface area (Å²) in [7, 11) is -3.36. The zero-order chi connectivity index (χ0) is 17.2. The Bertz CT molecular complexity index is 879. The van der Waals surface area contributed by atoms with E-state index in [1.807, 2.05) is 0 Å². The molecule has 0 fully saturated rings. The van der Waals surface area contributed by atoms with Crippen molar-refractivity contribution in [3.63, 3.8) is 0 Å². The molecule has 0 atom stereocenters. The number of aliphatic carboxylic acids is 1. The van der Waals surface area contributed by atoms with E-state index in [1.54, 1.807) is 0 Å². The minimum Gasteiger partial charge on any atom is -0.504 e. The van der Waals surface area contributed by atoms with Gasteiger partial charge in [0.2, 0.25) is 0 Å². The molecule has 0 bridgehead atoms. The fourth-order valence-corrected chi connectivity index (χ4v) is 2.58. The molecule has 0 aromatic heterocycles. The Balaban J connectivity index is 2.48. The van der Waals surface area contributed by atoms with Crippen LogP contribution < -0.4 is 0 Å². The molecule has 0 saturated heterocycles. The Morgan fingerprint density at radius 2 is 1.61 bits per heavy atom. The van der Waals surface area contributed by atoms with Gasteiger partial charge in [-0.25, -0.2) is 13.2 Å². The standard InChI is InChI=1S/C16H14O6S/c1-23(21,22)12-5-3-11(4-6-12)13(16(19)20)8-10-2-7-14(17)15(18)9-10/h2-9,17-18H,1H3,(H,19,20)/b13-8+. The lowest BCUT2D eigenvalue weighted by Gasteiger charge is -2.05. The molecule has 0 aliphatic heterocycles. The lowest BCUT2D eigenvalue weighted by molar-refractivity contribution is -0.130. The summed E-state index contributed by atoms with van der Waals surface area (Å²) in [6, 6.07) is 9.37. The Morgan fingerprint density at radius 3 is 2.09 bits per heavy atom. The van der Waals surface area contributed by atoms with E-state index in [9.17, 15) is 28.5 Å². The topological polar surface area (TPSA) is 112 Å². The summed E-state index contributed by atoms with van der Waals surface area (Å²) < 4.78 is 22.9. The number of benzene rings is 2. The van der Waals surface area contributed by atoms with Crippen LogP contribution in [0.15, 0.2) is 47.4 Å². The maximum atomic E-state index is 11.4. The van der Waals surface area contributed by atoms with Crippen LogP contribution in [0.4, 0.5) is 0 Å². The monoisotopic (exact) mass is 334 g/mol. The molecule has 0 spiro atoms. The van der Waals surface area contributed by atoms with Crippen molar-refractivity contribution in [2.24, 2.45) is 0 Å². The number of rotatable bonds is 4. The van der Waals surface area contributed by atoms with Gasteiger partial charge in [0.15, 0.2) is 21.3 Å². The molecule has 0 aliphatic rings. The van der Waals surface area contributed by atoms with E-state index in [0.29, 0.717) is 11.1 Å². The van der Waals surface area contributed by atoms with Gasteiger partial charge in [0.1, 0.15) is 0 Å². The summed E-state index contributed by atoms with van der Waals surface area (Å²) in [5, 5.41) is 28.1. The van der Waals surface area contributed by atoms with Crippen molar-refractivity contribution in [2.45, 2.75) is 4.90 Å². The maximum Gasteiger partial charge on any atom is 0.336 e. The molecular formula is C16H14O6S. The fraction of sp³-hybridized carbons (Fsp3) is 0.0625. The molecule has 6 nitrogen and oxygen atoms in total. The third-order valence-corrected chi connectivity index (χ3v) is 4.26. The molecule has 120 valence electrons. The molecule has 0 radical (unpaired) electrons. The van der Waals surface area contributed by atoms with Crippen LogP contribution in [0.5, 0.6) is 11.5 Å². The second-order valence-electron chi connectivity index (χ2n) is 4.91. The number of aromatic hydroxyl groups is 2. The van der Waals surface area contributed by atoms with Gasteiger partial charge in [0.05, 0.1) is 10.5 Å². The van der Waals surface area contributed by atoms with E-state index in [0.717, 1.165) is 6.26 Å². The molecule has 7 heteroatoms. The molecule has 0 amide bonds. The first-order chi connectivity index (χ1) is 10.7. The highest BCUT2D eigenvalue weighted by atomic mass is 32.2. The number of carboxylic acid groups (broad SMARTS) is 1. The Kier molecular flexibility index (Phi) is 4.42. The number of phenols is 2. The predicted molar refractivity (Wildman–Crippen MR) is 84.8 cm³/mol. The SMILES string of the molecule is CS(=O)(=O)c1ccc(/C(=C\c2ccc(O)c(O)c2)C(=O)O)cc1. The summed E-state index contributed by atoms with van der Waals surface area (Å²) in [5.41, 5.74) is 0.623. The van der Waals surface area contributed by atoms with Crippen LogP contribution in [0.1, 0.15) is 11.1 Å². The van der Waals surface area contributed by atoms with E-state index < -0.39 is 15.8 Å². The van der Waals surface area contributed by atoms with Gasteiger partial charge in [-0.15, -0.1) is 0 Å². The van der Waals surface area contributed by atoms with Gasteiger partial charge in [-0.1, -0.05) is 18.2 Å². The highest BCUT2D eigenvalue weighted by Crippen LogP contribution is 2.27. The smallest absolute Gasteiger partial charge is 0.336 e. The summed E-state index contributed by atoms with van der Waals surface area (Å²) in [6.45, 7) is 0. The number of phenolic OH excluding ortho intramolecular Hbond substituents is 2. The molecule has 0 aliphatic carbocycles. The van der Waals surface area contributed by atoms with E-state index in [-0.39, 0.29) is 22.0 Å². The molecule has 2 aromatic rings. The van der Waals surface area contributed by atoms with Crippen LogP contribution in [0.25, 0.3) is 11.6 Å². The second kappa shape index (κ2) is 6.13. The Labute approximate surface area is 132 Å². The van der Waals surface area contributed by atoms with Gasteiger partial charge in [-0.3, -0.25) is 0 Å². The van der Waals surface area contributed by atoms with Crippen molar-refractivity contribution in [3.05, 3.63) is 53.6 Å². The average Bonchev–Trinajstić information content (AvgIpc) is 2.47. The van der Waals surface area contributed by atoms with E-state index >= 15 is 0 Å². The van der Waals surface area contributed by atoms with Gasteiger partial charge in [-0.05, 0) is 41.5 Å². The van der Waals surface area contributed by atoms with Gasteiger partial charge in [-0.2, -0.15) is 0 Å². The van der Waals surface area contributed by atoms with Crippen molar-refractivity contribution in [3.8, 4) is 11.5 Å². The summed E-state index contributed by atoms with van der Waals surface area (Å²) in [4.78, 5) is 11.5.